The third kappa shape index (κ3) is 3.57. The topological polar surface area (TPSA) is 49.8 Å². The highest BCUT2D eigenvalue weighted by molar-refractivity contribution is 7.10. The number of rotatable bonds is 2. The van der Waals surface area contributed by atoms with Crippen LogP contribution >= 0.6 is 11.3 Å². The average Bonchev–Trinajstić information content (AvgIpc) is 2.72. The van der Waals surface area contributed by atoms with E-state index in [9.17, 15) is 4.79 Å². The molecule has 0 unspecified atom stereocenters. The van der Waals surface area contributed by atoms with E-state index in [-0.39, 0.29) is 12.7 Å². The van der Waals surface area contributed by atoms with Crippen molar-refractivity contribution in [2.45, 2.75) is 6.54 Å². The number of methoxy groups -OCH3 is 1. The molecule has 0 saturated heterocycles. The lowest BCUT2D eigenvalue weighted by atomic mass is 10.3. The van der Waals surface area contributed by atoms with E-state index in [1.54, 1.807) is 7.05 Å². The summed E-state index contributed by atoms with van der Waals surface area (Å²) in [6.07, 6.45) is -0.364. The largest absolute Gasteiger partial charge is 0.453 e. The van der Waals surface area contributed by atoms with Gasteiger partial charge < -0.3 is 14.7 Å². The molecule has 1 N–H and O–H groups in total. The summed E-state index contributed by atoms with van der Waals surface area (Å²) >= 11 is 1.52. The van der Waals surface area contributed by atoms with Crippen molar-refractivity contribution >= 4 is 17.4 Å². The monoisotopic (exact) mass is 239 g/mol. The molecule has 0 saturated carbocycles. The molecule has 0 aliphatic rings. The SMILES string of the molecule is COC(=O)N(C)Cc1cc(C#CCO)cs1. The Labute approximate surface area is 98.5 Å². The van der Waals surface area contributed by atoms with Gasteiger partial charge in [-0.25, -0.2) is 4.79 Å². The van der Waals surface area contributed by atoms with Crippen LogP contribution in [0.4, 0.5) is 4.79 Å². The maximum atomic E-state index is 11.1. The molecule has 4 nitrogen and oxygen atoms in total. The molecule has 0 aliphatic heterocycles. The number of aliphatic hydroxyl groups is 1. The summed E-state index contributed by atoms with van der Waals surface area (Å²) in [6, 6.07) is 1.90. The molecule has 5 heteroatoms. The normalized spacial score (nSPS) is 9.19. The summed E-state index contributed by atoms with van der Waals surface area (Å²) in [5.41, 5.74) is 0.854. The van der Waals surface area contributed by atoms with E-state index < -0.39 is 0 Å². The lowest BCUT2D eigenvalue weighted by molar-refractivity contribution is 0.131. The minimum absolute atomic E-state index is 0.146. The van der Waals surface area contributed by atoms with Crippen molar-refractivity contribution in [2.24, 2.45) is 0 Å². The van der Waals surface area contributed by atoms with Gasteiger partial charge in [0.1, 0.15) is 6.61 Å². The first-order chi connectivity index (χ1) is 7.67. The van der Waals surface area contributed by atoms with Crippen molar-refractivity contribution in [2.75, 3.05) is 20.8 Å². The molecule has 1 heterocycles. The minimum Gasteiger partial charge on any atom is -0.453 e. The summed E-state index contributed by atoms with van der Waals surface area (Å²) in [5, 5.41) is 10.4. The Bertz CT molecular complexity index is 416. The Kier molecular flexibility index (Phi) is 4.83. The fourth-order valence-corrected chi connectivity index (χ4v) is 1.99. The van der Waals surface area contributed by atoms with Crippen molar-refractivity contribution in [1.82, 2.24) is 4.90 Å². The minimum atomic E-state index is -0.364. The fraction of sp³-hybridized carbons (Fsp3) is 0.364. The van der Waals surface area contributed by atoms with Crippen LogP contribution in [-0.2, 0) is 11.3 Å². The zero-order valence-electron chi connectivity index (χ0n) is 9.19. The Balaban J connectivity index is 2.61. The van der Waals surface area contributed by atoms with Crippen LogP contribution < -0.4 is 0 Å². The molecule has 1 rings (SSSR count). The quantitative estimate of drug-likeness (QED) is 0.791. The van der Waals surface area contributed by atoms with Crippen molar-refractivity contribution in [3.05, 3.63) is 21.9 Å². The highest BCUT2D eigenvalue weighted by Gasteiger charge is 2.09. The second-order valence-electron chi connectivity index (χ2n) is 3.09. The Morgan fingerprint density at radius 1 is 1.69 bits per heavy atom. The van der Waals surface area contributed by atoms with Crippen LogP contribution in [-0.4, -0.2) is 36.9 Å². The zero-order chi connectivity index (χ0) is 12.0. The van der Waals surface area contributed by atoms with E-state index in [0.29, 0.717) is 6.54 Å². The Morgan fingerprint density at radius 3 is 3.06 bits per heavy atom. The summed E-state index contributed by atoms with van der Waals surface area (Å²) in [7, 11) is 3.02. The van der Waals surface area contributed by atoms with Gasteiger partial charge in [-0.2, -0.15) is 0 Å². The van der Waals surface area contributed by atoms with Crippen LogP contribution in [0.1, 0.15) is 10.4 Å². The molecular formula is C11H13NO3S. The zero-order valence-corrected chi connectivity index (χ0v) is 10.0. The van der Waals surface area contributed by atoms with Gasteiger partial charge >= 0.3 is 6.09 Å². The van der Waals surface area contributed by atoms with Crippen LogP contribution in [0.2, 0.25) is 0 Å². The van der Waals surface area contributed by atoms with E-state index in [4.69, 9.17) is 5.11 Å². The number of amides is 1. The maximum Gasteiger partial charge on any atom is 0.409 e. The van der Waals surface area contributed by atoms with Crippen LogP contribution in [0.25, 0.3) is 0 Å². The van der Waals surface area contributed by atoms with Gasteiger partial charge in [-0.05, 0) is 6.07 Å². The van der Waals surface area contributed by atoms with Crippen LogP contribution in [0.15, 0.2) is 11.4 Å². The Morgan fingerprint density at radius 2 is 2.44 bits per heavy atom. The highest BCUT2D eigenvalue weighted by Crippen LogP contribution is 2.15. The molecule has 0 fully saturated rings. The molecule has 0 spiro atoms. The summed E-state index contributed by atoms with van der Waals surface area (Å²) in [4.78, 5) is 13.6. The molecule has 1 aromatic rings. The molecule has 0 atom stereocenters. The van der Waals surface area contributed by atoms with Crippen molar-refractivity contribution in [1.29, 1.82) is 0 Å². The van der Waals surface area contributed by atoms with Crippen molar-refractivity contribution < 1.29 is 14.6 Å². The molecule has 16 heavy (non-hydrogen) atoms. The van der Waals surface area contributed by atoms with E-state index >= 15 is 0 Å². The predicted molar refractivity (Wildman–Crippen MR) is 62.2 cm³/mol. The summed E-state index contributed by atoms with van der Waals surface area (Å²) < 4.78 is 4.59. The summed E-state index contributed by atoms with van der Waals surface area (Å²) in [5.74, 6) is 5.38. The first-order valence-electron chi connectivity index (χ1n) is 4.63. The van der Waals surface area contributed by atoms with Crippen LogP contribution in [0, 0.1) is 11.8 Å². The Hall–Kier alpha value is -1.51. The van der Waals surface area contributed by atoms with Crippen molar-refractivity contribution in [3.8, 4) is 11.8 Å². The van der Waals surface area contributed by atoms with Crippen LogP contribution in [0.3, 0.4) is 0 Å². The number of hydrogen-bond donors (Lipinski definition) is 1. The highest BCUT2D eigenvalue weighted by atomic mass is 32.1. The molecule has 0 bridgehead atoms. The number of nitrogens with zero attached hydrogens (tertiary/aromatic N) is 1. The number of thiophene rings is 1. The van der Waals surface area contributed by atoms with Crippen molar-refractivity contribution in [3.63, 3.8) is 0 Å². The molecule has 86 valence electrons. The number of carbonyl (C=O) groups excluding carboxylic acids is 1. The van der Waals surface area contributed by atoms with E-state index in [0.717, 1.165) is 10.4 Å². The van der Waals surface area contributed by atoms with Crippen LogP contribution in [0.5, 0.6) is 0 Å². The fourth-order valence-electron chi connectivity index (χ4n) is 1.12. The number of aliphatic hydroxyl groups excluding tert-OH is 1. The lowest BCUT2D eigenvalue weighted by Crippen LogP contribution is -2.25. The number of ether oxygens (including phenoxy) is 1. The average molecular weight is 239 g/mol. The van der Waals surface area contributed by atoms with Gasteiger partial charge in [0.05, 0.1) is 13.7 Å². The van der Waals surface area contributed by atoms with Gasteiger partial charge in [0.25, 0.3) is 0 Å². The predicted octanol–water partition coefficient (Wildman–Crippen LogP) is 1.29. The van der Waals surface area contributed by atoms with Gasteiger partial charge in [0.2, 0.25) is 0 Å². The molecule has 0 aliphatic carbocycles. The van der Waals surface area contributed by atoms with E-state index in [2.05, 4.69) is 16.6 Å². The second kappa shape index (κ2) is 6.16. The van der Waals surface area contributed by atoms with E-state index in [1.807, 2.05) is 11.4 Å². The van der Waals surface area contributed by atoms with Gasteiger partial charge in [0, 0.05) is 22.9 Å². The first kappa shape index (κ1) is 12.6. The lowest BCUT2D eigenvalue weighted by Gasteiger charge is -2.13. The van der Waals surface area contributed by atoms with Gasteiger partial charge in [-0.1, -0.05) is 11.8 Å². The second-order valence-corrected chi connectivity index (χ2v) is 4.08. The van der Waals surface area contributed by atoms with Gasteiger partial charge in [-0.3, -0.25) is 0 Å². The van der Waals surface area contributed by atoms with Gasteiger partial charge in [0.15, 0.2) is 0 Å². The summed E-state index contributed by atoms with van der Waals surface area (Å²) in [6.45, 7) is 0.353. The number of carbonyl (C=O) groups is 1. The smallest absolute Gasteiger partial charge is 0.409 e. The first-order valence-corrected chi connectivity index (χ1v) is 5.51. The maximum absolute atomic E-state index is 11.1. The third-order valence-electron chi connectivity index (χ3n) is 1.84. The molecule has 1 amide bonds. The standard InChI is InChI=1S/C11H13NO3S/c1-12(11(14)15-2)7-10-6-9(8-16-10)4-3-5-13/h6,8,13H,5,7H2,1-2H3. The molecule has 1 aromatic heterocycles. The number of hydrogen-bond acceptors (Lipinski definition) is 4. The van der Waals surface area contributed by atoms with E-state index in [1.165, 1.54) is 23.3 Å². The van der Waals surface area contributed by atoms with Gasteiger partial charge in [-0.15, -0.1) is 11.3 Å². The third-order valence-corrected chi connectivity index (χ3v) is 2.77. The molecule has 0 radical (unpaired) electrons. The molecular weight excluding hydrogens is 226 g/mol. The molecule has 0 aromatic carbocycles.